The maximum absolute atomic E-state index is 6.27. The third kappa shape index (κ3) is 3.06. The number of fused-ring (bicyclic) bond motifs is 2. The van der Waals surface area contributed by atoms with Crippen LogP contribution < -0.4 is 5.73 Å². The van der Waals surface area contributed by atoms with E-state index in [1.54, 1.807) is 6.33 Å². The molecule has 5 aromatic rings. The summed E-state index contributed by atoms with van der Waals surface area (Å²) in [6.07, 6.45) is 8.45. The van der Waals surface area contributed by atoms with Crippen LogP contribution in [-0.4, -0.2) is 24.3 Å². The largest absolute Gasteiger partial charge is 0.383 e. The normalized spacial score (nSPS) is 14.7. The van der Waals surface area contributed by atoms with Gasteiger partial charge in [0.15, 0.2) is 5.65 Å². The number of nitrogen functional groups attached to an aromatic ring is 1. The quantitative estimate of drug-likeness (QED) is 0.444. The zero-order valence-electron chi connectivity index (χ0n) is 17.3. The van der Waals surface area contributed by atoms with Crippen LogP contribution in [0.1, 0.15) is 37.3 Å². The molecule has 0 unspecified atom stereocenters. The minimum absolute atomic E-state index is 0.395. The van der Waals surface area contributed by atoms with Gasteiger partial charge in [-0.2, -0.15) is 5.10 Å². The topological polar surface area (TPSA) is 74.6 Å². The lowest BCUT2D eigenvalue weighted by molar-refractivity contribution is 0.479. The highest BCUT2D eigenvalue weighted by molar-refractivity contribution is 5.98. The first-order valence-electron chi connectivity index (χ1n) is 10.9. The number of hydrogen-bond acceptors (Lipinski definition) is 4. The van der Waals surface area contributed by atoms with Crippen LogP contribution in [0.15, 0.2) is 67.1 Å². The number of benzene rings is 2. The highest BCUT2D eigenvalue weighted by Crippen LogP contribution is 2.36. The van der Waals surface area contributed by atoms with E-state index in [1.165, 1.54) is 29.3 Å². The number of anilines is 1. The molecule has 0 spiro atoms. The van der Waals surface area contributed by atoms with Crippen molar-refractivity contribution < 1.29 is 0 Å². The van der Waals surface area contributed by atoms with Crippen molar-refractivity contribution in [3.05, 3.63) is 72.7 Å². The summed E-state index contributed by atoms with van der Waals surface area (Å²) >= 11 is 0. The van der Waals surface area contributed by atoms with E-state index in [0.717, 1.165) is 41.7 Å². The van der Waals surface area contributed by atoms with E-state index in [4.69, 9.17) is 10.8 Å². The predicted molar refractivity (Wildman–Crippen MR) is 124 cm³/mol. The van der Waals surface area contributed by atoms with Crippen molar-refractivity contribution >= 4 is 27.8 Å². The molecule has 2 N–H and O–H groups in total. The summed E-state index contributed by atoms with van der Waals surface area (Å²) in [4.78, 5) is 8.78. The molecule has 3 aromatic heterocycles. The minimum Gasteiger partial charge on any atom is -0.383 e. The van der Waals surface area contributed by atoms with Crippen molar-refractivity contribution in [2.45, 2.75) is 38.3 Å². The molecule has 0 atom stereocenters. The molecule has 31 heavy (non-hydrogen) atoms. The molecule has 1 aliphatic carbocycles. The van der Waals surface area contributed by atoms with Crippen molar-refractivity contribution in [3.8, 4) is 11.3 Å². The fraction of sp³-hybridized carbons (Fsp3) is 0.240. The second-order valence-corrected chi connectivity index (χ2v) is 8.39. The molecule has 0 radical (unpaired) electrons. The summed E-state index contributed by atoms with van der Waals surface area (Å²) in [5.41, 5.74) is 11.5. The predicted octanol–water partition coefficient (Wildman–Crippen LogP) is 5.19. The molecular formula is C25H24N6. The Hall–Kier alpha value is -3.67. The van der Waals surface area contributed by atoms with Gasteiger partial charge in [-0.25, -0.2) is 14.6 Å². The third-order valence-electron chi connectivity index (χ3n) is 6.45. The number of rotatable bonds is 4. The van der Waals surface area contributed by atoms with Crippen LogP contribution in [0.5, 0.6) is 0 Å². The average Bonchev–Trinajstić information content (AvgIpc) is 3.54. The summed E-state index contributed by atoms with van der Waals surface area (Å²) in [6.45, 7) is 0.830. The van der Waals surface area contributed by atoms with Gasteiger partial charge in [-0.15, -0.1) is 0 Å². The molecule has 1 fully saturated rings. The molecule has 6 rings (SSSR count). The van der Waals surface area contributed by atoms with E-state index in [2.05, 4.69) is 80.0 Å². The standard InChI is InChI=1S/C25H24N6/c26-24-22-23(29-31(20-6-2-3-7-20)25(22)28-16-27-24)19-11-9-17(10-12-19)15-30-14-13-18-5-1-4-8-21(18)30/h1,4-5,8-14,16,20H,2-3,6-7,15H2,(H2,26,27,28). The fourth-order valence-electron chi connectivity index (χ4n) is 4.84. The van der Waals surface area contributed by atoms with Crippen molar-refractivity contribution in [1.82, 2.24) is 24.3 Å². The van der Waals surface area contributed by atoms with Crippen LogP contribution >= 0.6 is 0 Å². The maximum Gasteiger partial charge on any atom is 0.164 e. The van der Waals surface area contributed by atoms with E-state index >= 15 is 0 Å². The molecule has 0 aliphatic heterocycles. The van der Waals surface area contributed by atoms with Gasteiger partial charge in [0.2, 0.25) is 0 Å². The number of nitrogens with two attached hydrogens (primary N) is 1. The summed E-state index contributed by atoms with van der Waals surface area (Å²) in [5.74, 6) is 0.493. The van der Waals surface area contributed by atoms with Gasteiger partial charge in [0.25, 0.3) is 0 Å². The molecule has 1 saturated carbocycles. The summed E-state index contributed by atoms with van der Waals surface area (Å²) in [7, 11) is 0. The highest BCUT2D eigenvalue weighted by Gasteiger charge is 2.24. The average molecular weight is 409 g/mol. The van der Waals surface area contributed by atoms with Crippen molar-refractivity contribution in [3.63, 3.8) is 0 Å². The zero-order chi connectivity index (χ0) is 20.8. The lowest BCUT2D eigenvalue weighted by Gasteiger charge is -2.10. The van der Waals surface area contributed by atoms with Crippen LogP contribution in [0.2, 0.25) is 0 Å². The first-order valence-corrected chi connectivity index (χ1v) is 10.9. The van der Waals surface area contributed by atoms with E-state index in [1.807, 2.05) is 0 Å². The molecule has 2 aromatic carbocycles. The summed E-state index contributed by atoms with van der Waals surface area (Å²) in [5, 5.41) is 7.10. The van der Waals surface area contributed by atoms with Gasteiger partial charge in [-0.3, -0.25) is 0 Å². The molecule has 6 nitrogen and oxygen atoms in total. The Morgan fingerprint density at radius 3 is 2.58 bits per heavy atom. The lowest BCUT2D eigenvalue weighted by Crippen LogP contribution is -2.07. The van der Waals surface area contributed by atoms with Gasteiger partial charge >= 0.3 is 0 Å². The first kappa shape index (κ1) is 18.1. The van der Waals surface area contributed by atoms with E-state index in [9.17, 15) is 0 Å². The zero-order valence-corrected chi connectivity index (χ0v) is 17.3. The number of para-hydroxylation sites is 1. The molecule has 3 heterocycles. The lowest BCUT2D eigenvalue weighted by atomic mass is 10.1. The Morgan fingerprint density at radius 1 is 0.935 bits per heavy atom. The Kier molecular flexibility index (Phi) is 4.23. The summed E-state index contributed by atoms with van der Waals surface area (Å²) < 4.78 is 4.36. The molecule has 1 aliphatic rings. The molecule has 0 bridgehead atoms. The van der Waals surface area contributed by atoms with Crippen LogP contribution in [0, 0.1) is 0 Å². The number of hydrogen-bond donors (Lipinski definition) is 1. The highest BCUT2D eigenvalue weighted by atomic mass is 15.3. The van der Waals surface area contributed by atoms with E-state index in [0.29, 0.717) is 11.9 Å². The molecule has 6 heteroatoms. The summed E-state index contributed by atoms with van der Waals surface area (Å²) in [6, 6.07) is 19.6. The Bertz CT molecular complexity index is 1370. The second-order valence-electron chi connectivity index (χ2n) is 8.39. The smallest absolute Gasteiger partial charge is 0.164 e. The third-order valence-corrected chi connectivity index (χ3v) is 6.45. The molecule has 154 valence electrons. The van der Waals surface area contributed by atoms with Crippen LogP contribution in [0.4, 0.5) is 5.82 Å². The maximum atomic E-state index is 6.27. The van der Waals surface area contributed by atoms with Crippen LogP contribution in [0.3, 0.4) is 0 Å². The molecular weight excluding hydrogens is 384 g/mol. The van der Waals surface area contributed by atoms with E-state index < -0.39 is 0 Å². The SMILES string of the molecule is Nc1ncnc2c1c(-c1ccc(Cn3ccc4ccccc43)cc1)nn2C1CCCC1. The van der Waals surface area contributed by atoms with Gasteiger partial charge in [0, 0.05) is 23.8 Å². The fourth-order valence-corrected chi connectivity index (χ4v) is 4.84. The van der Waals surface area contributed by atoms with Crippen LogP contribution in [0.25, 0.3) is 33.2 Å². The number of aromatic nitrogens is 5. The number of nitrogens with zero attached hydrogens (tertiary/aromatic N) is 5. The second kappa shape index (κ2) is 7.23. The van der Waals surface area contributed by atoms with Crippen molar-refractivity contribution in [2.75, 3.05) is 5.73 Å². The van der Waals surface area contributed by atoms with Gasteiger partial charge in [0.1, 0.15) is 17.8 Å². The Labute approximate surface area is 180 Å². The monoisotopic (exact) mass is 408 g/mol. The Morgan fingerprint density at radius 2 is 1.74 bits per heavy atom. The van der Waals surface area contributed by atoms with Crippen molar-refractivity contribution in [2.24, 2.45) is 0 Å². The first-order chi connectivity index (χ1) is 15.3. The van der Waals surface area contributed by atoms with Gasteiger partial charge in [0.05, 0.1) is 11.4 Å². The van der Waals surface area contributed by atoms with Gasteiger partial charge in [-0.05, 0) is 35.9 Å². The molecule has 0 saturated heterocycles. The minimum atomic E-state index is 0.395. The van der Waals surface area contributed by atoms with E-state index in [-0.39, 0.29) is 0 Å². The molecule has 0 amide bonds. The van der Waals surface area contributed by atoms with Gasteiger partial charge < -0.3 is 10.3 Å². The van der Waals surface area contributed by atoms with Crippen LogP contribution in [-0.2, 0) is 6.54 Å². The van der Waals surface area contributed by atoms with Gasteiger partial charge in [-0.1, -0.05) is 55.3 Å². The Balaban J connectivity index is 1.37. The van der Waals surface area contributed by atoms with Crippen molar-refractivity contribution in [1.29, 1.82) is 0 Å².